The van der Waals surface area contributed by atoms with Gasteiger partial charge in [0.25, 0.3) is 0 Å². The van der Waals surface area contributed by atoms with Gasteiger partial charge in [0.1, 0.15) is 244 Å². The van der Waals surface area contributed by atoms with Gasteiger partial charge in [-0.1, -0.05) is 0 Å². The number of carbonyl (C=O) groups is 2. The summed E-state index contributed by atoms with van der Waals surface area (Å²) in [6, 6.07) is -3.65. The lowest BCUT2D eigenvalue weighted by Gasteiger charge is -2.51. The van der Waals surface area contributed by atoms with Crippen LogP contribution in [0.2, 0.25) is 0 Å². The molecule has 0 saturated carbocycles. The van der Waals surface area contributed by atoms with Crippen LogP contribution in [0, 0.1) is 0 Å². The summed E-state index contributed by atoms with van der Waals surface area (Å²) >= 11 is 0. The van der Waals surface area contributed by atoms with Crippen LogP contribution in [0.5, 0.6) is 0 Å². The molecule has 680 valence electrons. The van der Waals surface area contributed by atoms with Crippen LogP contribution in [0.3, 0.4) is 0 Å². The van der Waals surface area contributed by atoms with E-state index in [1.807, 2.05) is 0 Å². The Labute approximate surface area is 660 Å². The van der Waals surface area contributed by atoms with Crippen LogP contribution < -0.4 is 10.6 Å². The molecule has 2 amide bonds. The molecule has 0 aliphatic carbocycles. The first-order chi connectivity index (χ1) is 55.4. The topological polar surface area (TPSA) is 840 Å². The molecule has 0 bridgehead atoms. The van der Waals surface area contributed by atoms with E-state index in [9.17, 15) is 163 Å². The van der Waals surface area contributed by atoms with E-state index in [4.69, 9.17) is 90.0 Å². The minimum Gasteiger partial charge on any atom is -0.394 e. The number of aliphatic hydroxyl groups excluding tert-OH is 30. The number of hydrogen-bond donors (Lipinski definition) is 32. The van der Waals surface area contributed by atoms with E-state index in [-0.39, 0.29) is 0 Å². The van der Waals surface area contributed by atoms with Crippen molar-refractivity contribution in [2.75, 3.05) is 66.1 Å². The molecule has 0 aromatic rings. The molecule has 10 saturated heterocycles. The fraction of sp³-hybridized carbons (Fsp3) is 0.969. The van der Waals surface area contributed by atoms with Gasteiger partial charge in [-0.15, -0.1) is 0 Å². The second-order valence-corrected chi connectivity index (χ2v) is 29.5. The summed E-state index contributed by atoms with van der Waals surface area (Å²) in [4.78, 5) is 25.2. The van der Waals surface area contributed by atoms with E-state index in [1.54, 1.807) is 0 Å². The van der Waals surface area contributed by atoms with Gasteiger partial charge in [0.05, 0.1) is 66.1 Å². The zero-order chi connectivity index (χ0) is 85.9. The molecule has 0 spiro atoms. The first kappa shape index (κ1) is 96.2. The molecule has 32 N–H and O–H groups in total. The second kappa shape index (κ2) is 41.9. The van der Waals surface area contributed by atoms with Gasteiger partial charge >= 0.3 is 0 Å². The van der Waals surface area contributed by atoms with E-state index < -0.39 is 385 Å². The number of amides is 2. The third kappa shape index (κ3) is 20.7. The zero-order valence-corrected chi connectivity index (χ0v) is 61.9. The van der Waals surface area contributed by atoms with E-state index in [2.05, 4.69) is 10.6 Å². The van der Waals surface area contributed by atoms with Crippen molar-refractivity contribution in [1.82, 2.24) is 10.6 Å². The van der Waals surface area contributed by atoms with Gasteiger partial charge in [0, 0.05) is 13.8 Å². The van der Waals surface area contributed by atoms with Crippen molar-refractivity contribution in [2.24, 2.45) is 0 Å². The van der Waals surface area contributed by atoms with E-state index in [0.29, 0.717) is 0 Å². The molecule has 10 aliphatic heterocycles. The Morgan fingerprint density at radius 3 is 1.01 bits per heavy atom. The number of carbonyl (C=O) groups excluding carboxylic acids is 2. The lowest BCUT2D eigenvalue weighted by atomic mass is 9.94. The Balaban J connectivity index is 1.04. The fourth-order valence-corrected chi connectivity index (χ4v) is 15.0. The summed E-state index contributed by atoms with van der Waals surface area (Å²) < 4.78 is 112. The molecule has 50 atom stereocenters. The molecule has 53 nitrogen and oxygen atoms in total. The van der Waals surface area contributed by atoms with Crippen LogP contribution in [0.1, 0.15) is 13.8 Å². The van der Waals surface area contributed by atoms with Crippen LogP contribution in [-0.2, 0) is 99.6 Å². The highest BCUT2D eigenvalue weighted by atomic mass is 16.8. The van der Waals surface area contributed by atoms with Gasteiger partial charge < -0.3 is 254 Å². The van der Waals surface area contributed by atoms with Crippen LogP contribution in [0.15, 0.2) is 0 Å². The summed E-state index contributed by atoms with van der Waals surface area (Å²) in [5.41, 5.74) is 0. The number of hydrogen-bond acceptors (Lipinski definition) is 51. The molecule has 10 rings (SSSR count). The highest BCUT2D eigenvalue weighted by Crippen LogP contribution is 2.41. The van der Waals surface area contributed by atoms with Gasteiger partial charge in [-0.25, -0.2) is 0 Å². The normalized spacial score (nSPS) is 51.0. The monoisotopic (exact) mass is 1720 g/mol. The summed E-state index contributed by atoms with van der Waals surface area (Å²) in [6.45, 7) is -9.58. The predicted molar refractivity (Wildman–Crippen MR) is 353 cm³/mol. The van der Waals surface area contributed by atoms with Gasteiger partial charge in [0.2, 0.25) is 11.8 Å². The molecular formula is C64H108N2O51. The third-order valence-corrected chi connectivity index (χ3v) is 21.6. The van der Waals surface area contributed by atoms with Crippen molar-refractivity contribution >= 4 is 11.8 Å². The van der Waals surface area contributed by atoms with Crippen molar-refractivity contribution in [3.63, 3.8) is 0 Å². The quantitative estimate of drug-likeness (QED) is 0.0306. The lowest BCUT2D eigenvalue weighted by molar-refractivity contribution is -0.402. The fourth-order valence-electron chi connectivity index (χ4n) is 15.0. The first-order valence-electron chi connectivity index (χ1n) is 37.2. The highest BCUT2D eigenvalue weighted by molar-refractivity contribution is 5.73. The molecular weight excluding hydrogens is 1610 g/mol. The van der Waals surface area contributed by atoms with Gasteiger partial charge in [-0.2, -0.15) is 0 Å². The van der Waals surface area contributed by atoms with Crippen LogP contribution in [0.25, 0.3) is 0 Å². The van der Waals surface area contributed by atoms with E-state index >= 15 is 0 Å². The highest BCUT2D eigenvalue weighted by Gasteiger charge is 2.62. The smallest absolute Gasteiger partial charge is 0.217 e. The van der Waals surface area contributed by atoms with Crippen LogP contribution in [0.4, 0.5) is 0 Å². The van der Waals surface area contributed by atoms with Crippen molar-refractivity contribution in [3.8, 4) is 0 Å². The van der Waals surface area contributed by atoms with Crippen molar-refractivity contribution in [3.05, 3.63) is 0 Å². The SMILES string of the molecule is CC(=O)N[C@@H]1[C@@H](O)[C@H](O[C@@H]2O[C@H](CO)[C@@H](O[C@@H]3O[C@H](CO[C@H]4O[C@H](CO[C@H]5O[C@H](CO)[C@@H](O)[C@H](O)[C@@H]5O[C@H]5O[C@H](CO)[C@@H](O)[C@H](O)[C@@H]5O)[C@@H](O)[C@H](O[C@H]5O[C@H](CO)[C@@H](O)[C@H](O)[C@@H]5O)[C@@H]4O[C@@H]4O[C@@H]([C@H](O)CO)[C@H](O)[C@H]4O)[C@@H](O)[C@H](O[C@H]4O[C@H](CO)[C@@H](O)[C@H](O)[C@@H]4O[C@H]4O[C@H](CO)[C@@H](O)[C@H](O)[C@@H]4O)[C@@H]3O)[C@H](O)[C@H]2NC(C)=O)[C@@H](CO)O[C@H]1O. The Kier molecular flexibility index (Phi) is 34.4. The maximum absolute atomic E-state index is 13.1. The summed E-state index contributed by atoms with van der Waals surface area (Å²) in [7, 11) is 0. The number of rotatable bonds is 31. The molecule has 10 heterocycles. The predicted octanol–water partition coefficient (Wildman–Crippen LogP) is -22.5. The minimum atomic E-state index is -2.63. The lowest BCUT2D eigenvalue weighted by Crippen LogP contribution is -2.70. The Bertz CT molecular complexity index is 3050. The van der Waals surface area contributed by atoms with Gasteiger partial charge in [-0.3, -0.25) is 9.59 Å². The molecule has 53 heteroatoms. The Hall–Kier alpha value is -3.02. The molecule has 0 radical (unpaired) electrons. The summed E-state index contributed by atoms with van der Waals surface area (Å²) in [5.74, 6) is -1.78. The minimum absolute atomic E-state index is 0.808. The maximum Gasteiger partial charge on any atom is 0.217 e. The van der Waals surface area contributed by atoms with Crippen molar-refractivity contribution in [1.29, 1.82) is 0 Å². The third-order valence-electron chi connectivity index (χ3n) is 21.6. The van der Waals surface area contributed by atoms with E-state index in [0.717, 1.165) is 13.8 Å². The maximum atomic E-state index is 13.1. The van der Waals surface area contributed by atoms with E-state index in [1.165, 1.54) is 0 Å². The molecule has 10 fully saturated rings. The zero-order valence-electron chi connectivity index (χ0n) is 61.9. The number of ether oxygens (including phenoxy) is 19. The largest absolute Gasteiger partial charge is 0.394 e. The molecule has 0 aromatic heterocycles. The summed E-state index contributed by atoms with van der Waals surface area (Å²) in [5, 5.41) is 337. The Morgan fingerprint density at radius 1 is 0.265 bits per heavy atom. The number of aliphatic hydroxyl groups is 30. The average Bonchev–Trinajstić information content (AvgIpc) is 1.74. The Morgan fingerprint density at radius 2 is 0.564 bits per heavy atom. The molecule has 117 heavy (non-hydrogen) atoms. The van der Waals surface area contributed by atoms with Crippen LogP contribution >= 0.6 is 0 Å². The van der Waals surface area contributed by atoms with Gasteiger partial charge in [-0.05, 0) is 0 Å². The first-order valence-corrected chi connectivity index (χ1v) is 37.2. The van der Waals surface area contributed by atoms with Crippen molar-refractivity contribution in [2.45, 2.75) is 321 Å². The molecule has 10 aliphatic rings. The standard InChI is InChI=1S/C64H108N2O51/c1-13(75)65-25-34(85)48(21(9-73)101-55(25)98)111-56-26(66-14(2)76)35(86)49(22(10-74)107-56)112-61-46(97)50(113-64-53(40(91)31(82)20(8-72)106-64)116-59-44(95)38(89)29(80)18(6-70)104-59)32(83)23(108-61)11-100-63-54(117-60-45(96)41(92)47(110-60)15(77)3-67)51(114-57-42(93)36(87)27(78)16(4-68)102-57)33(84)24(109-63)12-99-62-52(39(90)30(81)19(7-71)105-62)115-58-43(94)37(88)28(79)17(5-69)103-58/h15-64,67-74,77-98H,3-12H2,1-2H3,(H,65,75)(H,66,76)/t15-,16-,17-,18-,19-,20-,21-,22-,23-,24-,25-,26-,27-,28-,29-,30-,31-,32-,33-,34-,35-,36+,37+,38+,39+,40+,41-,42+,43+,44+,45-,46+,47+,48-,49-,50+,51+,52+,53+,54+,55-,56+,57-,58-,59-,60+,61+,62+,63+,64-/m1/s1. The van der Waals surface area contributed by atoms with Gasteiger partial charge in [0.15, 0.2) is 62.9 Å². The number of nitrogens with one attached hydrogen (secondary N) is 2. The molecule has 0 unspecified atom stereocenters. The van der Waals surface area contributed by atoms with Crippen molar-refractivity contribution < 1.29 is 253 Å². The molecule has 0 aromatic carbocycles. The average molecular weight is 1720 g/mol. The van der Waals surface area contributed by atoms with Crippen LogP contribution in [-0.4, -0.2) is 538 Å². The summed E-state index contributed by atoms with van der Waals surface area (Å²) in [6.07, 6.45) is -105. The second-order valence-electron chi connectivity index (χ2n) is 29.5.